The maximum atomic E-state index is 11.7. The van der Waals surface area contributed by atoms with Crippen LogP contribution in [0.25, 0.3) is 0 Å². The van der Waals surface area contributed by atoms with E-state index in [0.717, 1.165) is 44.5 Å². The van der Waals surface area contributed by atoms with Crippen LogP contribution in [-0.2, 0) is 16.4 Å². The standard InChI is InChI=1S/C14H25N3O2S/c1-11-10-12(2)17(16-11)9-5-8-15-13-6-4-7-14(13)20(3,18)19/h10,13-15H,4-9H2,1-3H3. The van der Waals surface area contributed by atoms with Crippen LogP contribution in [0.1, 0.15) is 37.1 Å². The van der Waals surface area contributed by atoms with Gasteiger partial charge >= 0.3 is 0 Å². The number of rotatable bonds is 6. The van der Waals surface area contributed by atoms with Crippen LogP contribution in [0.15, 0.2) is 6.07 Å². The van der Waals surface area contributed by atoms with E-state index in [0.29, 0.717) is 0 Å². The monoisotopic (exact) mass is 299 g/mol. The second-order valence-corrected chi connectivity index (χ2v) is 8.13. The molecule has 1 aliphatic carbocycles. The van der Waals surface area contributed by atoms with E-state index in [9.17, 15) is 8.42 Å². The Hall–Kier alpha value is -0.880. The first kappa shape index (κ1) is 15.5. The largest absolute Gasteiger partial charge is 0.313 e. The Bertz CT molecular complexity index is 551. The van der Waals surface area contributed by atoms with Crippen LogP contribution < -0.4 is 5.32 Å². The first-order chi connectivity index (χ1) is 9.38. The van der Waals surface area contributed by atoms with Crippen LogP contribution in [0.3, 0.4) is 0 Å². The molecule has 1 N–H and O–H groups in total. The van der Waals surface area contributed by atoms with Gasteiger partial charge in [-0.3, -0.25) is 4.68 Å². The highest BCUT2D eigenvalue weighted by Gasteiger charge is 2.34. The van der Waals surface area contributed by atoms with Gasteiger partial charge in [0.25, 0.3) is 0 Å². The average Bonchev–Trinajstić information content (AvgIpc) is 2.91. The van der Waals surface area contributed by atoms with Gasteiger partial charge in [-0.2, -0.15) is 5.10 Å². The highest BCUT2D eigenvalue weighted by molar-refractivity contribution is 7.91. The summed E-state index contributed by atoms with van der Waals surface area (Å²) in [5.74, 6) is 0. The summed E-state index contributed by atoms with van der Waals surface area (Å²) >= 11 is 0. The van der Waals surface area contributed by atoms with E-state index in [1.165, 1.54) is 11.9 Å². The molecular formula is C14H25N3O2S. The van der Waals surface area contributed by atoms with Gasteiger partial charge in [-0.25, -0.2) is 8.42 Å². The molecule has 0 bridgehead atoms. The maximum Gasteiger partial charge on any atom is 0.151 e. The number of sulfone groups is 1. The van der Waals surface area contributed by atoms with Gasteiger partial charge in [-0.1, -0.05) is 6.42 Å². The van der Waals surface area contributed by atoms with Crippen molar-refractivity contribution < 1.29 is 8.42 Å². The zero-order chi connectivity index (χ0) is 14.8. The lowest BCUT2D eigenvalue weighted by molar-refractivity contribution is 0.473. The molecule has 0 amide bonds. The summed E-state index contributed by atoms with van der Waals surface area (Å²) in [7, 11) is -2.92. The van der Waals surface area contributed by atoms with Gasteiger partial charge in [0.1, 0.15) is 0 Å². The molecule has 1 aromatic heterocycles. The van der Waals surface area contributed by atoms with Crippen LogP contribution >= 0.6 is 0 Å². The first-order valence-corrected chi connectivity index (χ1v) is 9.26. The highest BCUT2D eigenvalue weighted by atomic mass is 32.2. The third-order valence-corrected chi connectivity index (χ3v) is 5.72. The Morgan fingerprint density at radius 1 is 1.40 bits per heavy atom. The van der Waals surface area contributed by atoms with E-state index in [1.807, 2.05) is 11.6 Å². The molecular weight excluding hydrogens is 274 g/mol. The number of aromatic nitrogens is 2. The minimum Gasteiger partial charge on any atom is -0.313 e. The fraction of sp³-hybridized carbons (Fsp3) is 0.786. The Morgan fingerprint density at radius 3 is 2.75 bits per heavy atom. The number of nitrogens with zero attached hydrogens (tertiary/aromatic N) is 2. The van der Waals surface area contributed by atoms with Crippen molar-refractivity contribution in [3.63, 3.8) is 0 Å². The molecule has 20 heavy (non-hydrogen) atoms. The summed E-state index contributed by atoms with van der Waals surface area (Å²) in [6.07, 6.45) is 5.10. The van der Waals surface area contributed by atoms with Gasteiger partial charge in [0.2, 0.25) is 0 Å². The summed E-state index contributed by atoms with van der Waals surface area (Å²) < 4.78 is 25.4. The third kappa shape index (κ3) is 3.82. The second-order valence-electron chi connectivity index (χ2n) is 5.86. The lowest BCUT2D eigenvalue weighted by atomic mass is 10.2. The summed E-state index contributed by atoms with van der Waals surface area (Å²) in [5, 5.41) is 7.64. The Balaban J connectivity index is 1.77. The van der Waals surface area contributed by atoms with Crippen molar-refractivity contribution in [2.45, 2.75) is 57.4 Å². The fourth-order valence-electron chi connectivity index (χ4n) is 3.09. The molecule has 0 saturated heterocycles. The maximum absolute atomic E-state index is 11.7. The van der Waals surface area contributed by atoms with Crippen molar-refractivity contribution in [1.29, 1.82) is 0 Å². The van der Waals surface area contributed by atoms with Crippen molar-refractivity contribution in [2.75, 3.05) is 12.8 Å². The number of nitrogens with one attached hydrogen (secondary N) is 1. The fourth-order valence-corrected chi connectivity index (χ4v) is 4.51. The molecule has 5 nitrogen and oxygen atoms in total. The smallest absolute Gasteiger partial charge is 0.151 e. The first-order valence-electron chi connectivity index (χ1n) is 7.31. The molecule has 2 unspecified atom stereocenters. The van der Waals surface area contributed by atoms with E-state index in [4.69, 9.17) is 0 Å². The van der Waals surface area contributed by atoms with E-state index >= 15 is 0 Å². The summed E-state index contributed by atoms with van der Waals surface area (Å²) in [6.45, 7) is 5.78. The number of aryl methyl sites for hydroxylation is 3. The summed E-state index contributed by atoms with van der Waals surface area (Å²) in [4.78, 5) is 0. The normalized spacial score (nSPS) is 23.4. The molecule has 0 radical (unpaired) electrons. The second kappa shape index (κ2) is 6.26. The van der Waals surface area contributed by atoms with Gasteiger partial charge < -0.3 is 5.32 Å². The molecule has 1 heterocycles. The Morgan fingerprint density at radius 2 is 2.15 bits per heavy atom. The molecule has 1 aliphatic rings. The zero-order valence-electron chi connectivity index (χ0n) is 12.6. The van der Waals surface area contributed by atoms with E-state index < -0.39 is 9.84 Å². The predicted molar refractivity (Wildman–Crippen MR) is 80.6 cm³/mol. The highest BCUT2D eigenvalue weighted by Crippen LogP contribution is 2.24. The van der Waals surface area contributed by atoms with Crippen molar-refractivity contribution in [2.24, 2.45) is 0 Å². The van der Waals surface area contributed by atoms with Crippen molar-refractivity contribution >= 4 is 9.84 Å². The Labute approximate surface area is 121 Å². The van der Waals surface area contributed by atoms with Crippen LogP contribution in [0.5, 0.6) is 0 Å². The van der Waals surface area contributed by atoms with Crippen molar-refractivity contribution in [1.82, 2.24) is 15.1 Å². The lowest BCUT2D eigenvalue weighted by Crippen LogP contribution is -2.40. The third-order valence-electron chi connectivity index (χ3n) is 4.06. The lowest BCUT2D eigenvalue weighted by Gasteiger charge is -2.19. The van der Waals surface area contributed by atoms with Gasteiger partial charge in [0, 0.05) is 24.5 Å². The SMILES string of the molecule is Cc1cc(C)n(CCCNC2CCCC2S(C)(=O)=O)n1. The molecule has 2 rings (SSSR count). The van der Waals surface area contributed by atoms with Crippen LogP contribution in [0.2, 0.25) is 0 Å². The van der Waals surface area contributed by atoms with E-state index in [2.05, 4.69) is 23.4 Å². The van der Waals surface area contributed by atoms with Gasteiger partial charge in [0.15, 0.2) is 9.84 Å². The van der Waals surface area contributed by atoms with Crippen molar-refractivity contribution in [3.05, 3.63) is 17.5 Å². The minimum absolute atomic E-state index is 0.130. The Kier molecular flexibility index (Phi) is 4.86. The zero-order valence-corrected chi connectivity index (χ0v) is 13.4. The molecule has 6 heteroatoms. The van der Waals surface area contributed by atoms with E-state index in [-0.39, 0.29) is 11.3 Å². The quantitative estimate of drug-likeness (QED) is 0.808. The number of hydrogen-bond donors (Lipinski definition) is 1. The molecule has 0 spiro atoms. The van der Waals surface area contributed by atoms with Gasteiger partial charge in [-0.15, -0.1) is 0 Å². The molecule has 1 saturated carbocycles. The topological polar surface area (TPSA) is 64.0 Å². The molecule has 1 aromatic rings. The van der Waals surface area contributed by atoms with Crippen LogP contribution in [0, 0.1) is 13.8 Å². The van der Waals surface area contributed by atoms with Crippen LogP contribution in [0.4, 0.5) is 0 Å². The molecule has 0 aromatic carbocycles. The molecule has 1 fully saturated rings. The van der Waals surface area contributed by atoms with E-state index in [1.54, 1.807) is 0 Å². The predicted octanol–water partition coefficient (Wildman–Crippen LogP) is 1.45. The average molecular weight is 299 g/mol. The van der Waals surface area contributed by atoms with Crippen LogP contribution in [-0.4, -0.2) is 42.3 Å². The molecule has 0 aliphatic heterocycles. The summed E-state index contributed by atoms with van der Waals surface area (Å²) in [5.41, 5.74) is 2.22. The number of hydrogen-bond acceptors (Lipinski definition) is 4. The van der Waals surface area contributed by atoms with Gasteiger partial charge in [0.05, 0.1) is 10.9 Å². The minimum atomic E-state index is -2.92. The molecule has 2 atom stereocenters. The van der Waals surface area contributed by atoms with Crippen molar-refractivity contribution in [3.8, 4) is 0 Å². The summed E-state index contributed by atoms with van der Waals surface area (Å²) in [6, 6.07) is 2.20. The molecule has 114 valence electrons. The van der Waals surface area contributed by atoms with Gasteiger partial charge in [-0.05, 0) is 45.7 Å².